The lowest BCUT2D eigenvalue weighted by molar-refractivity contribution is -0.160. The molecule has 0 radical (unpaired) electrons. The number of alkyl carbamates (subject to hydrolysis) is 1. The maximum Gasteiger partial charge on any atom is 0.422 e. The monoisotopic (exact) mass is 327 g/mol. The lowest BCUT2D eigenvalue weighted by atomic mass is 10.2. The van der Waals surface area contributed by atoms with Crippen LogP contribution in [0.5, 0.6) is 0 Å². The highest BCUT2D eigenvalue weighted by Gasteiger charge is 2.29. The molecular formula is C10H16F3N5O2S. The zero-order valence-electron chi connectivity index (χ0n) is 11.6. The molecule has 0 aliphatic carbocycles. The molecule has 0 aromatic carbocycles. The highest BCUT2D eigenvalue weighted by molar-refractivity contribution is 7.99. The number of rotatable bonds is 7. The standard InChI is InChI=1S/C10H16F3N5O2S/c1-7(2)5-18-8(15-16-17-18)21-4-3-14-9(19)20-6-10(11,12)13/h7H,3-6H2,1-2H3,(H,14,19). The van der Waals surface area contributed by atoms with Gasteiger partial charge in [0.1, 0.15) is 0 Å². The van der Waals surface area contributed by atoms with Gasteiger partial charge in [0.15, 0.2) is 6.61 Å². The van der Waals surface area contributed by atoms with E-state index in [1.54, 1.807) is 4.68 Å². The molecule has 0 spiro atoms. The highest BCUT2D eigenvalue weighted by Crippen LogP contribution is 2.15. The van der Waals surface area contributed by atoms with E-state index in [1.165, 1.54) is 11.8 Å². The first-order valence-electron chi connectivity index (χ1n) is 6.14. The smallest absolute Gasteiger partial charge is 0.422 e. The number of carbonyl (C=O) groups is 1. The first-order chi connectivity index (χ1) is 9.78. The number of ether oxygens (including phenoxy) is 1. The topological polar surface area (TPSA) is 81.9 Å². The van der Waals surface area contributed by atoms with Crippen LogP contribution in [0.4, 0.5) is 18.0 Å². The third-order valence-electron chi connectivity index (χ3n) is 2.01. The number of tetrazole rings is 1. The van der Waals surface area contributed by atoms with Crippen molar-refractivity contribution in [3.8, 4) is 0 Å². The fourth-order valence-corrected chi connectivity index (χ4v) is 2.00. The lowest BCUT2D eigenvalue weighted by Gasteiger charge is -2.09. The molecule has 120 valence electrons. The summed E-state index contributed by atoms with van der Waals surface area (Å²) >= 11 is 1.30. The minimum absolute atomic E-state index is 0.149. The molecule has 1 rings (SSSR count). The highest BCUT2D eigenvalue weighted by atomic mass is 32.2. The minimum Gasteiger partial charge on any atom is -0.440 e. The Labute approximate surface area is 123 Å². The molecule has 0 bridgehead atoms. The molecular weight excluding hydrogens is 311 g/mol. The van der Waals surface area contributed by atoms with Crippen molar-refractivity contribution in [2.45, 2.75) is 31.7 Å². The van der Waals surface area contributed by atoms with Gasteiger partial charge >= 0.3 is 12.3 Å². The molecule has 0 fully saturated rings. The number of alkyl halides is 3. The molecule has 1 heterocycles. The summed E-state index contributed by atoms with van der Waals surface area (Å²) in [6, 6.07) is 0. The predicted octanol–water partition coefficient (Wildman–Crippen LogP) is 1.71. The van der Waals surface area contributed by atoms with E-state index >= 15 is 0 Å². The number of nitrogens with one attached hydrogen (secondary N) is 1. The number of aromatic nitrogens is 4. The Morgan fingerprint density at radius 2 is 2.19 bits per heavy atom. The molecule has 1 aromatic rings. The molecule has 11 heteroatoms. The molecule has 7 nitrogen and oxygen atoms in total. The van der Waals surface area contributed by atoms with Gasteiger partial charge in [0.2, 0.25) is 5.16 Å². The van der Waals surface area contributed by atoms with E-state index < -0.39 is 18.9 Å². The van der Waals surface area contributed by atoms with Crippen LogP contribution in [0.3, 0.4) is 0 Å². The molecule has 0 saturated carbocycles. The van der Waals surface area contributed by atoms with Gasteiger partial charge in [-0.1, -0.05) is 25.6 Å². The van der Waals surface area contributed by atoms with Crippen LogP contribution in [0, 0.1) is 5.92 Å². The minimum atomic E-state index is -4.52. The summed E-state index contributed by atoms with van der Waals surface area (Å²) in [4.78, 5) is 11.0. The molecule has 0 atom stereocenters. The number of hydrogen-bond acceptors (Lipinski definition) is 6. The van der Waals surface area contributed by atoms with Gasteiger partial charge in [-0.2, -0.15) is 13.2 Å². The number of thioether (sulfide) groups is 1. The zero-order valence-corrected chi connectivity index (χ0v) is 12.4. The van der Waals surface area contributed by atoms with Gasteiger partial charge in [0.05, 0.1) is 0 Å². The summed E-state index contributed by atoms with van der Waals surface area (Å²) < 4.78 is 41.0. The zero-order chi connectivity index (χ0) is 15.9. The van der Waals surface area contributed by atoms with Crippen LogP contribution in [0.15, 0.2) is 5.16 Å². The van der Waals surface area contributed by atoms with Crippen molar-refractivity contribution in [2.75, 3.05) is 18.9 Å². The van der Waals surface area contributed by atoms with Crippen molar-refractivity contribution in [3.05, 3.63) is 0 Å². The summed E-state index contributed by atoms with van der Waals surface area (Å²) in [5.41, 5.74) is 0. The first-order valence-corrected chi connectivity index (χ1v) is 7.13. The Morgan fingerprint density at radius 1 is 1.48 bits per heavy atom. The summed E-state index contributed by atoms with van der Waals surface area (Å²) in [6.07, 6.45) is -5.62. The maximum atomic E-state index is 11.8. The second kappa shape index (κ2) is 8.05. The van der Waals surface area contributed by atoms with Crippen LogP contribution >= 0.6 is 11.8 Å². The number of halogens is 3. The predicted molar refractivity (Wildman–Crippen MR) is 68.8 cm³/mol. The molecule has 0 aliphatic rings. The van der Waals surface area contributed by atoms with Crippen LogP contribution in [0.1, 0.15) is 13.8 Å². The van der Waals surface area contributed by atoms with Crippen molar-refractivity contribution in [2.24, 2.45) is 5.92 Å². The van der Waals surface area contributed by atoms with E-state index in [9.17, 15) is 18.0 Å². The van der Waals surface area contributed by atoms with E-state index in [4.69, 9.17) is 0 Å². The van der Waals surface area contributed by atoms with E-state index in [2.05, 4.69) is 25.6 Å². The molecule has 1 N–H and O–H groups in total. The third kappa shape index (κ3) is 7.73. The van der Waals surface area contributed by atoms with Crippen LogP contribution in [-0.4, -0.2) is 51.4 Å². The molecule has 1 amide bonds. The Bertz CT molecular complexity index is 452. The van der Waals surface area contributed by atoms with Crippen molar-refractivity contribution in [3.63, 3.8) is 0 Å². The lowest BCUT2D eigenvalue weighted by Crippen LogP contribution is -2.30. The Hall–Kier alpha value is -1.52. The summed E-state index contributed by atoms with van der Waals surface area (Å²) in [5.74, 6) is 0.794. The Morgan fingerprint density at radius 3 is 2.81 bits per heavy atom. The van der Waals surface area contributed by atoms with Crippen LogP contribution < -0.4 is 5.32 Å². The Balaban J connectivity index is 2.22. The average molecular weight is 327 g/mol. The van der Waals surface area contributed by atoms with Gasteiger partial charge in [-0.05, 0) is 16.3 Å². The molecule has 0 saturated heterocycles. The van der Waals surface area contributed by atoms with Crippen LogP contribution in [0.25, 0.3) is 0 Å². The Kier molecular flexibility index (Phi) is 6.72. The van der Waals surface area contributed by atoms with E-state index in [1.807, 2.05) is 13.8 Å². The van der Waals surface area contributed by atoms with E-state index in [0.29, 0.717) is 23.4 Å². The fourth-order valence-electron chi connectivity index (χ4n) is 1.25. The van der Waals surface area contributed by atoms with Crippen molar-refractivity contribution in [1.82, 2.24) is 25.5 Å². The van der Waals surface area contributed by atoms with Gasteiger partial charge in [-0.15, -0.1) is 5.10 Å². The van der Waals surface area contributed by atoms with Crippen LogP contribution in [0.2, 0.25) is 0 Å². The molecule has 0 aliphatic heterocycles. The van der Waals surface area contributed by atoms with Crippen LogP contribution in [-0.2, 0) is 11.3 Å². The second-order valence-electron chi connectivity index (χ2n) is 4.50. The number of amides is 1. The summed E-state index contributed by atoms with van der Waals surface area (Å²) in [6.45, 7) is 3.26. The van der Waals surface area contributed by atoms with Gasteiger partial charge in [-0.3, -0.25) is 0 Å². The number of carbonyl (C=O) groups excluding carboxylic acids is 1. The number of hydrogen-bond donors (Lipinski definition) is 1. The summed E-state index contributed by atoms with van der Waals surface area (Å²) in [5, 5.41) is 14.0. The second-order valence-corrected chi connectivity index (χ2v) is 5.57. The van der Waals surface area contributed by atoms with Gasteiger partial charge in [0.25, 0.3) is 0 Å². The van der Waals surface area contributed by atoms with Gasteiger partial charge < -0.3 is 10.1 Å². The van der Waals surface area contributed by atoms with Gasteiger partial charge in [0, 0.05) is 18.8 Å². The van der Waals surface area contributed by atoms with E-state index in [-0.39, 0.29) is 6.54 Å². The largest absolute Gasteiger partial charge is 0.440 e. The normalized spacial score (nSPS) is 11.7. The van der Waals surface area contributed by atoms with E-state index in [0.717, 1.165) is 0 Å². The fraction of sp³-hybridized carbons (Fsp3) is 0.800. The average Bonchev–Trinajstić information content (AvgIpc) is 2.78. The molecule has 21 heavy (non-hydrogen) atoms. The SMILES string of the molecule is CC(C)Cn1nnnc1SCCNC(=O)OCC(F)(F)F. The summed E-state index contributed by atoms with van der Waals surface area (Å²) in [7, 11) is 0. The van der Waals surface area contributed by atoms with Crippen molar-refractivity contribution >= 4 is 17.9 Å². The molecule has 1 aromatic heterocycles. The molecule has 0 unspecified atom stereocenters. The van der Waals surface area contributed by atoms with Crippen molar-refractivity contribution in [1.29, 1.82) is 0 Å². The maximum absolute atomic E-state index is 11.8. The van der Waals surface area contributed by atoms with Gasteiger partial charge in [-0.25, -0.2) is 9.48 Å². The quantitative estimate of drug-likeness (QED) is 0.606. The first kappa shape index (κ1) is 17.5. The number of nitrogens with zero attached hydrogens (tertiary/aromatic N) is 4. The third-order valence-corrected chi connectivity index (χ3v) is 2.97. The van der Waals surface area contributed by atoms with Crippen molar-refractivity contribution < 1.29 is 22.7 Å².